The van der Waals surface area contributed by atoms with E-state index >= 15 is 0 Å². The van der Waals surface area contributed by atoms with Gasteiger partial charge in [-0.3, -0.25) is 0 Å². The van der Waals surface area contributed by atoms with E-state index in [0.717, 1.165) is 0 Å². The Morgan fingerprint density at radius 3 is 2.12 bits per heavy atom. The predicted molar refractivity (Wildman–Crippen MR) is 34.3 cm³/mol. The van der Waals surface area contributed by atoms with Gasteiger partial charge in [0.25, 0.3) is 0 Å². The van der Waals surface area contributed by atoms with E-state index in [1.165, 1.54) is 11.5 Å². The van der Waals surface area contributed by atoms with Crippen molar-refractivity contribution in [2.45, 2.75) is 13.8 Å². The van der Waals surface area contributed by atoms with Crippen LogP contribution in [0.5, 0.6) is 0 Å². The van der Waals surface area contributed by atoms with Crippen molar-refractivity contribution in [1.82, 2.24) is 0 Å². The zero-order valence-corrected chi connectivity index (χ0v) is 5.90. The lowest BCUT2D eigenvalue weighted by Gasteiger charge is -1.86. The molecule has 0 N–H and O–H groups in total. The molecule has 0 fully saturated rings. The molecule has 0 saturated carbocycles. The molecule has 0 aliphatic rings. The molecule has 0 atom stereocenters. The molecule has 0 aromatic heterocycles. The van der Waals surface area contributed by atoms with Gasteiger partial charge in [-0.25, -0.2) is 8.42 Å². The molecule has 8 heavy (non-hydrogen) atoms. The highest BCUT2D eigenvalue weighted by molar-refractivity contribution is 7.94. The van der Waals surface area contributed by atoms with Crippen LogP contribution in [0.3, 0.4) is 0 Å². The van der Waals surface area contributed by atoms with Gasteiger partial charge in [0.2, 0.25) is 0 Å². The molecule has 0 spiro atoms. The largest absolute Gasteiger partial charge is 0.224 e. The second kappa shape index (κ2) is 2.87. The van der Waals surface area contributed by atoms with Crippen LogP contribution in [0, 0.1) is 0 Å². The van der Waals surface area contributed by atoms with Gasteiger partial charge in [-0.05, 0) is 6.92 Å². The predicted octanol–water partition coefficient (Wildman–Crippen LogP) is 0.955. The van der Waals surface area contributed by atoms with Gasteiger partial charge in [-0.1, -0.05) is 13.0 Å². The van der Waals surface area contributed by atoms with Crippen molar-refractivity contribution in [2.24, 2.45) is 0 Å². The Bertz CT molecular complexity index is 165. The van der Waals surface area contributed by atoms with Crippen molar-refractivity contribution >= 4 is 9.84 Å². The summed E-state index contributed by atoms with van der Waals surface area (Å²) in [6.07, 6.45) is 1.53. The molecular weight excluding hydrogens is 124 g/mol. The van der Waals surface area contributed by atoms with Gasteiger partial charge in [0.1, 0.15) is 0 Å². The third kappa shape index (κ3) is 2.80. The second-order valence-electron chi connectivity index (χ2n) is 1.42. The van der Waals surface area contributed by atoms with E-state index in [4.69, 9.17) is 0 Å². The van der Waals surface area contributed by atoms with Crippen LogP contribution >= 0.6 is 0 Å². The Balaban J connectivity index is 4.17. The van der Waals surface area contributed by atoms with Crippen molar-refractivity contribution in [3.05, 3.63) is 11.5 Å². The summed E-state index contributed by atoms with van der Waals surface area (Å²) in [5.74, 6) is 0.192. The first-order valence-electron chi connectivity index (χ1n) is 2.48. The normalized spacial score (nSPS) is 12.8. The lowest BCUT2D eigenvalue weighted by atomic mass is 10.8. The van der Waals surface area contributed by atoms with E-state index in [1.54, 1.807) is 13.8 Å². The van der Waals surface area contributed by atoms with E-state index < -0.39 is 9.84 Å². The minimum atomic E-state index is -2.85. The topological polar surface area (TPSA) is 34.1 Å². The summed E-state index contributed by atoms with van der Waals surface area (Å²) < 4.78 is 21.0. The van der Waals surface area contributed by atoms with Crippen molar-refractivity contribution in [2.75, 3.05) is 5.75 Å². The summed E-state index contributed by atoms with van der Waals surface area (Å²) >= 11 is 0. The number of hydrogen-bond donors (Lipinski definition) is 0. The first kappa shape index (κ1) is 7.69. The number of sulfone groups is 1. The standard InChI is InChI=1S/C5H10O2S/c1-3-5-8(6,7)4-2/h3,5H,4H2,1-2H3. The number of allylic oxidation sites excluding steroid dienone is 1. The molecule has 0 aliphatic heterocycles. The molecule has 0 heterocycles. The van der Waals surface area contributed by atoms with E-state index in [1.807, 2.05) is 0 Å². The Morgan fingerprint density at radius 1 is 1.50 bits per heavy atom. The number of rotatable bonds is 2. The third-order valence-corrected chi connectivity index (χ3v) is 2.24. The lowest BCUT2D eigenvalue weighted by molar-refractivity contribution is 0.605. The highest BCUT2D eigenvalue weighted by Crippen LogP contribution is 1.89. The van der Waals surface area contributed by atoms with E-state index in [-0.39, 0.29) is 5.75 Å². The molecule has 0 aromatic rings. The van der Waals surface area contributed by atoms with Gasteiger partial charge in [-0.15, -0.1) is 0 Å². The molecule has 2 nitrogen and oxygen atoms in total. The van der Waals surface area contributed by atoms with Crippen LogP contribution in [0.25, 0.3) is 0 Å². The fraction of sp³-hybridized carbons (Fsp3) is 0.600. The quantitative estimate of drug-likeness (QED) is 0.563. The highest BCUT2D eigenvalue weighted by atomic mass is 32.2. The highest BCUT2D eigenvalue weighted by Gasteiger charge is 1.96. The smallest absolute Gasteiger partial charge is 0.171 e. The van der Waals surface area contributed by atoms with Gasteiger partial charge in [0, 0.05) is 5.41 Å². The summed E-state index contributed by atoms with van der Waals surface area (Å²) in [6, 6.07) is 0. The van der Waals surface area contributed by atoms with Gasteiger partial charge < -0.3 is 0 Å². The fourth-order valence-electron chi connectivity index (χ4n) is 0.304. The molecule has 0 saturated heterocycles. The zero-order valence-electron chi connectivity index (χ0n) is 5.09. The third-order valence-electron chi connectivity index (χ3n) is 0.746. The minimum Gasteiger partial charge on any atom is -0.224 e. The van der Waals surface area contributed by atoms with E-state index in [0.29, 0.717) is 0 Å². The average Bonchev–Trinajstić information content (AvgIpc) is 1.67. The molecule has 48 valence electrons. The Morgan fingerprint density at radius 2 is 2.00 bits per heavy atom. The van der Waals surface area contributed by atoms with Crippen LogP contribution in [0.4, 0.5) is 0 Å². The minimum absolute atomic E-state index is 0.192. The van der Waals surface area contributed by atoms with Gasteiger partial charge in [0.15, 0.2) is 9.84 Å². The lowest BCUT2D eigenvalue weighted by Crippen LogP contribution is -1.95. The average molecular weight is 134 g/mol. The van der Waals surface area contributed by atoms with Crippen molar-refractivity contribution in [1.29, 1.82) is 0 Å². The van der Waals surface area contributed by atoms with Crippen LogP contribution in [-0.2, 0) is 9.84 Å². The molecule has 0 amide bonds. The van der Waals surface area contributed by atoms with Crippen LogP contribution in [-0.4, -0.2) is 14.2 Å². The molecule has 0 bridgehead atoms. The molecular formula is C5H10O2S. The Labute approximate surface area is 50.1 Å². The van der Waals surface area contributed by atoms with Gasteiger partial charge in [0.05, 0.1) is 5.75 Å². The monoisotopic (exact) mass is 134 g/mol. The SMILES string of the molecule is CC=CS(=O)(=O)CC. The maximum atomic E-state index is 10.5. The summed E-state index contributed by atoms with van der Waals surface area (Å²) in [7, 11) is -2.85. The van der Waals surface area contributed by atoms with Crippen molar-refractivity contribution < 1.29 is 8.42 Å². The van der Waals surface area contributed by atoms with Crippen LogP contribution < -0.4 is 0 Å². The number of hydrogen-bond acceptors (Lipinski definition) is 2. The molecule has 0 aliphatic carbocycles. The Kier molecular flexibility index (Phi) is 2.76. The van der Waals surface area contributed by atoms with Crippen molar-refractivity contribution in [3.8, 4) is 0 Å². The van der Waals surface area contributed by atoms with E-state index in [2.05, 4.69) is 0 Å². The molecule has 0 rings (SSSR count). The van der Waals surface area contributed by atoms with Crippen LogP contribution in [0.15, 0.2) is 11.5 Å². The maximum absolute atomic E-state index is 10.5. The summed E-state index contributed by atoms with van der Waals surface area (Å²) in [5, 5.41) is 1.22. The molecule has 0 radical (unpaired) electrons. The van der Waals surface area contributed by atoms with Crippen molar-refractivity contribution in [3.63, 3.8) is 0 Å². The fourth-order valence-corrected chi connectivity index (χ4v) is 0.911. The van der Waals surface area contributed by atoms with Crippen LogP contribution in [0.2, 0.25) is 0 Å². The Hall–Kier alpha value is -0.310. The summed E-state index contributed by atoms with van der Waals surface area (Å²) in [6.45, 7) is 3.31. The van der Waals surface area contributed by atoms with E-state index in [9.17, 15) is 8.42 Å². The zero-order chi connectivity index (χ0) is 6.62. The van der Waals surface area contributed by atoms with Gasteiger partial charge >= 0.3 is 0 Å². The summed E-state index contributed by atoms with van der Waals surface area (Å²) in [4.78, 5) is 0. The van der Waals surface area contributed by atoms with Gasteiger partial charge in [-0.2, -0.15) is 0 Å². The first-order valence-corrected chi connectivity index (χ1v) is 4.19. The first-order chi connectivity index (χ1) is 3.62. The second-order valence-corrected chi connectivity index (χ2v) is 3.60. The molecule has 0 unspecified atom stereocenters. The molecule has 0 aromatic carbocycles. The van der Waals surface area contributed by atoms with Crippen LogP contribution in [0.1, 0.15) is 13.8 Å². The maximum Gasteiger partial charge on any atom is 0.171 e. The summed E-state index contributed by atoms with van der Waals surface area (Å²) in [5.41, 5.74) is 0. The molecule has 3 heteroatoms.